The minimum absolute atomic E-state index is 0.299. The molecule has 0 spiro atoms. The third kappa shape index (κ3) is 2.74. The van der Waals surface area contributed by atoms with E-state index in [2.05, 4.69) is 14.6 Å². The summed E-state index contributed by atoms with van der Waals surface area (Å²) in [5.74, 6) is -0.402. The number of esters is 1. The van der Waals surface area contributed by atoms with Gasteiger partial charge in [0.05, 0.1) is 7.11 Å². The van der Waals surface area contributed by atoms with E-state index in [0.29, 0.717) is 11.7 Å². The first-order valence-corrected chi connectivity index (χ1v) is 5.75. The van der Waals surface area contributed by atoms with Crippen molar-refractivity contribution in [3.8, 4) is 0 Å². The van der Waals surface area contributed by atoms with Crippen LogP contribution in [0.25, 0.3) is 0 Å². The molecule has 5 heteroatoms. The Kier molecular flexibility index (Phi) is 3.58. The van der Waals surface area contributed by atoms with Gasteiger partial charge in [-0.2, -0.15) is 0 Å². The van der Waals surface area contributed by atoms with Crippen molar-refractivity contribution in [1.29, 1.82) is 0 Å². The monoisotopic (exact) mass is 235 g/mol. The predicted octanol–water partition coefficient (Wildman–Crippen LogP) is 0.796. The number of hydrogen-bond donors (Lipinski definition) is 1. The Morgan fingerprint density at radius 2 is 2.24 bits per heavy atom. The maximum absolute atomic E-state index is 11.4. The van der Waals surface area contributed by atoms with Crippen LogP contribution in [0.3, 0.4) is 0 Å². The Labute approximate surface area is 101 Å². The van der Waals surface area contributed by atoms with E-state index < -0.39 is 5.97 Å². The molecule has 1 aromatic heterocycles. The number of carbonyl (C=O) groups is 1. The summed E-state index contributed by atoms with van der Waals surface area (Å²) in [6.45, 7) is 1.84. The van der Waals surface area contributed by atoms with Crippen LogP contribution in [-0.2, 0) is 4.74 Å². The molecule has 1 aliphatic rings. The lowest BCUT2D eigenvalue weighted by Gasteiger charge is -2.32. The van der Waals surface area contributed by atoms with Gasteiger partial charge in [0.15, 0.2) is 0 Å². The highest BCUT2D eigenvalue weighted by molar-refractivity contribution is 5.88. The molecule has 0 radical (unpaired) electrons. The molecule has 1 fully saturated rings. The number of methoxy groups -OCH3 is 1. The summed E-state index contributed by atoms with van der Waals surface area (Å²) in [5, 5.41) is 0. The zero-order valence-electron chi connectivity index (χ0n) is 9.93. The number of piperidine rings is 1. The third-order valence-corrected chi connectivity index (χ3v) is 3.04. The molecule has 92 valence electrons. The molecule has 2 heterocycles. The molecule has 1 saturated heterocycles. The summed E-state index contributed by atoms with van der Waals surface area (Å²) >= 11 is 0. The van der Waals surface area contributed by atoms with Crippen molar-refractivity contribution in [1.82, 2.24) is 4.98 Å². The Balaban J connectivity index is 2.13. The summed E-state index contributed by atoms with van der Waals surface area (Å²) in [4.78, 5) is 17.6. The molecule has 0 aliphatic carbocycles. The Morgan fingerprint density at radius 3 is 2.88 bits per heavy atom. The first-order valence-electron chi connectivity index (χ1n) is 5.75. The van der Waals surface area contributed by atoms with E-state index in [1.54, 1.807) is 12.3 Å². The fourth-order valence-corrected chi connectivity index (χ4v) is 1.99. The van der Waals surface area contributed by atoms with Gasteiger partial charge in [0.1, 0.15) is 5.69 Å². The molecule has 0 bridgehead atoms. The number of ether oxygens (including phenoxy) is 1. The average Bonchev–Trinajstić information content (AvgIpc) is 2.39. The van der Waals surface area contributed by atoms with Gasteiger partial charge >= 0.3 is 5.97 Å². The topological polar surface area (TPSA) is 68.5 Å². The zero-order chi connectivity index (χ0) is 12.3. The van der Waals surface area contributed by atoms with E-state index in [-0.39, 0.29) is 0 Å². The molecule has 2 rings (SSSR count). The second-order valence-corrected chi connectivity index (χ2v) is 4.22. The SMILES string of the molecule is COC(=O)c1cc(N2CCC(N)CC2)ccn1. The molecule has 1 aliphatic heterocycles. The van der Waals surface area contributed by atoms with Gasteiger partial charge in [-0.25, -0.2) is 9.78 Å². The first kappa shape index (κ1) is 11.9. The molecule has 5 nitrogen and oxygen atoms in total. The summed E-state index contributed by atoms with van der Waals surface area (Å²) in [6.07, 6.45) is 3.60. The number of hydrogen-bond acceptors (Lipinski definition) is 5. The highest BCUT2D eigenvalue weighted by atomic mass is 16.5. The second-order valence-electron chi connectivity index (χ2n) is 4.22. The standard InChI is InChI=1S/C12H17N3O2/c1-17-12(16)11-8-10(2-5-14-11)15-6-3-9(13)4-7-15/h2,5,8-9H,3-4,6-7,13H2,1H3. The van der Waals surface area contributed by atoms with Gasteiger partial charge in [-0.15, -0.1) is 0 Å². The van der Waals surface area contributed by atoms with Gasteiger partial charge < -0.3 is 15.4 Å². The van der Waals surface area contributed by atoms with Gasteiger partial charge in [0.2, 0.25) is 0 Å². The predicted molar refractivity (Wildman–Crippen MR) is 65.0 cm³/mol. The number of pyridine rings is 1. The largest absolute Gasteiger partial charge is 0.464 e. The molecular formula is C12H17N3O2. The van der Waals surface area contributed by atoms with Crippen LogP contribution >= 0.6 is 0 Å². The van der Waals surface area contributed by atoms with Crippen molar-refractivity contribution in [2.45, 2.75) is 18.9 Å². The van der Waals surface area contributed by atoms with E-state index in [9.17, 15) is 4.79 Å². The van der Waals surface area contributed by atoms with Gasteiger partial charge in [0, 0.05) is 31.0 Å². The number of nitrogens with two attached hydrogens (primary N) is 1. The normalized spacial score (nSPS) is 16.9. The zero-order valence-corrected chi connectivity index (χ0v) is 9.93. The van der Waals surface area contributed by atoms with E-state index in [1.807, 2.05) is 6.07 Å². The molecule has 1 aromatic rings. The van der Waals surface area contributed by atoms with Crippen molar-refractivity contribution in [2.24, 2.45) is 5.73 Å². The summed E-state index contributed by atoms with van der Waals surface area (Å²) in [6, 6.07) is 3.97. The molecule has 0 aromatic carbocycles. The van der Waals surface area contributed by atoms with Gasteiger partial charge in [-0.05, 0) is 25.0 Å². The van der Waals surface area contributed by atoms with E-state index in [1.165, 1.54) is 7.11 Å². The van der Waals surface area contributed by atoms with Crippen LogP contribution in [0.4, 0.5) is 5.69 Å². The molecule has 0 saturated carbocycles. The molecule has 17 heavy (non-hydrogen) atoms. The van der Waals surface area contributed by atoms with Crippen LogP contribution in [0, 0.1) is 0 Å². The van der Waals surface area contributed by atoms with Crippen molar-refractivity contribution in [3.05, 3.63) is 24.0 Å². The number of rotatable bonds is 2. The molecule has 2 N–H and O–H groups in total. The first-order chi connectivity index (χ1) is 8.20. The molecule has 0 atom stereocenters. The van der Waals surface area contributed by atoms with Crippen LogP contribution in [0.1, 0.15) is 23.3 Å². The summed E-state index contributed by atoms with van der Waals surface area (Å²) in [7, 11) is 1.36. The van der Waals surface area contributed by atoms with Crippen LogP contribution in [-0.4, -0.2) is 37.2 Å². The molecule has 0 unspecified atom stereocenters. The Morgan fingerprint density at radius 1 is 1.53 bits per heavy atom. The minimum Gasteiger partial charge on any atom is -0.464 e. The van der Waals surface area contributed by atoms with E-state index in [4.69, 9.17) is 5.73 Å². The second kappa shape index (κ2) is 5.14. The highest BCUT2D eigenvalue weighted by Gasteiger charge is 2.17. The van der Waals surface area contributed by atoms with Crippen LogP contribution in [0.2, 0.25) is 0 Å². The van der Waals surface area contributed by atoms with Crippen molar-refractivity contribution in [2.75, 3.05) is 25.1 Å². The van der Waals surface area contributed by atoms with Crippen molar-refractivity contribution in [3.63, 3.8) is 0 Å². The summed E-state index contributed by atoms with van der Waals surface area (Å²) in [5.41, 5.74) is 7.22. The van der Waals surface area contributed by atoms with Gasteiger partial charge in [-0.3, -0.25) is 0 Å². The molecular weight excluding hydrogens is 218 g/mol. The number of carbonyl (C=O) groups excluding carboxylic acids is 1. The Bertz CT molecular complexity index is 400. The lowest BCUT2D eigenvalue weighted by molar-refractivity contribution is 0.0594. The maximum atomic E-state index is 11.4. The highest BCUT2D eigenvalue weighted by Crippen LogP contribution is 2.19. The minimum atomic E-state index is -0.402. The van der Waals surface area contributed by atoms with Crippen molar-refractivity contribution >= 4 is 11.7 Å². The Hall–Kier alpha value is -1.62. The van der Waals surface area contributed by atoms with Gasteiger partial charge in [-0.1, -0.05) is 0 Å². The number of anilines is 1. The van der Waals surface area contributed by atoms with Crippen LogP contribution in [0.5, 0.6) is 0 Å². The number of nitrogens with zero attached hydrogens (tertiary/aromatic N) is 2. The van der Waals surface area contributed by atoms with Crippen molar-refractivity contribution < 1.29 is 9.53 Å². The fraction of sp³-hybridized carbons (Fsp3) is 0.500. The molecule has 0 amide bonds. The third-order valence-electron chi connectivity index (χ3n) is 3.04. The van der Waals surface area contributed by atoms with E-state index >= 15 is 0 Å². The van der Waals surface area contributed by atoms with Crippen LogP contribution < -0.4 is 10.6 Å². The summed E-state index contributed by atoms with van der Waals surface area (Å²) < 4.78 is 4.66. The lowest BCUT2D eigenvalue weighted by atomic mass is 10.1. The van der Waals surface area contributed by atoms with E-state index in [0.717, 1.165) is 31.6 Å². The quantitative estimate of drug-likeness (QED) is 0.768. The maximum Gasteiger partial charge on any atom is 0.356 e. The number of aromatic nitrogens is 1. The van der Waals surface area contributed by atoms with Crippen LogP contribution in [0.15, 0.2) is 18.3 Å². The fourth-order valence-electron chi connectivity index (χ4n) is 1.99. The van der Waals surface area contributed by atoms with Gasteiger partial charge in [0.25, 0.3) is 0 Å². The average molecular weight is 235 g/mol. The smallest absolute Gasteiger partial charge is 0.356 e. The lowest BCUT2D eigenvalue weighted by Crippen LogP contribution is -2.39.